The molecule has 4 N–H and O–H groups in total. The van der Waals surface area contributed by atoms with Crippen molar-refractivity contribution in [3.63, 3.8) is 0 Å². The highest BCUT2D eigenvalue weighted by Gasteiger charge is 2.54. The summed E-state index contributed by atoms with van der Waals surface area (Å²) >= 11 is 2.02. The van der Waals surface area contributed by atoms with Gasteiger partial charge in [0, 0.05) is 17.3 Å². The summed E-state index contributed by atoms with van der Waals surface area (Å²) in [6, 6.07) is 4.94. The Morgan fingerprint density at radius 3 is 2.67 bits per heavy atom. The Balaban J connectivity index is 1.49. The van der Waals surface area contributed by atoms with Crippen LogP contribution in [0.3, 0.4) is 0 Å². The average molecular weight is 595 g/mol. The molecule has 3 heterocycles. The van der Waals surface area contributed by atoms with Gasteiger partial charge in [-0.2, -0.15) is 17.8 Å². The number of nitrogen functional groups attached to an aromatic ring is 1. The average Bonchev–Trinajstić information content (AvgIpc) is 3.32. The zero-order valence-electron chi connectivity index (χ0n) is 20.4. The molecule has 2 aromatic rings. The Morgan fingerprint density at radius 1 is 1.33 bits per heavy atom. The number of hydrogen-bond acceptors (Lipinski definition) is 13. The first-order chi connectivity index (χ1) is 18.5. The summed E-state index contributed by atoms with van der Waals surface area (Å²) in [6.45, 7) is 3.62. The summed E-state index contributed by atoms with van der Waals surface area (Å²) < 4.78 is 33.7. The Labute approximate surface area is 230 Å². The lowest BCUT2D eigenvalue weighted by molar-refractivity contribution is -0.150. The van der Waals surface area contributed by atoms with Crippen molar-refractivity contribution in [1.82, 2.24) is 19.6 Å². The van der Waals surface area contributed by atoms with Crippen LogP contribution in [0.15, 0.2) is 57.9 Å². The van der Waals surface area contributed by atoms with E-state index in [1.807, 2.05) is 0 Å². The van der Waals surface area contributed by atoms with Crippen molar-refractivity contribution in [2.45, 2.75) is 30.2 Å². The monoisotopic (exact) mass is 594 g/mol. The van der Waals surface area contributed by atoms with Gasteiger partial charge >= 0.3 is 16.1 Å². The Kier molecular flexibility index (Phi) is 8.22. The highest BCUT2D eigenvalue weighted by molar-refractivity contribution is 8.00. The van der Waals surface area contributed by atoms with Crippen LogP contribution in [0, 0.1) is 6.92 Å². The molecule has 14 nitrogen and oxygen atoms in total. The maximum atomic E-state index is 12.9. The van der Waals surface area contributed by atoms with Gasteiger partial charge in [-0.25, -0.2) is 4.79 Å². The van der Waals surface area contributed by atoms with Gasteiger partial charge in [0.1, 0.15) is 34.9 Å². The molecule has 0 aliphatic carbocycles. The molecule has 1 unspecified atom stereocenters. The number of aliphatic carboxylic acids is 1. The molecule has 0 radical (unpaired) electrons. The largest absolute Gasteiger partial charge is 0.477 e. The van der Waals surface area contributed by atoms with E-state index in [-0.39, 0.29) is 45.2 Å². The highest BCUT2D eigenvalue weighted by atomic mass is 32.2. The summed E-state index contributed by atoms with van der Waals surface area (Å²) in [6.07, 6.45) is 2.05. The van der Waals surface area contributed by atoms with Crippen LogP contribution in [0.2, 0.25) is 0 Å². The molecule has 1 saturated heterocycles. The normalized spacial score (nSPS) is 19.5. The molecular weight excluding hydrogens is 572 g/mol. The number of carbonyl (C=O) groups is 3. The molecule has 2 aliphatic heterocycles. The van der Waals surface area contributed by atoms with Crippen LogP contribution in [0.25, 0.3) is 0 Å². The minimum absolute atomic E-state index is 0.0671. The van der Waals surface area contributed by atoms with Crippen molar-refractivity contribution in [2.24, 2.45) is 5.16 Å². The number of aryl methyl sites for hydroxylation is 1. The highest BCUT2D eigenvalue weighted by Crippen LogP contribution is 2.40. The number of carboxylic acid groups (broad SMARTS) is 1. The Hall–Kier alpha value is -3.96. The van der Waals surface area contributed by atoms with Gasteiger partial charge in [0.05, 0.1) is 0 Å². The van der Waals surface area contributed by atoms with Gasteiger partial charge in [-0.3, -0.25) is 14.5 Å². The smallest absolute Gasteiger partial charge is 0.352 e. The minimum atomic E-state index is -4.13. The number of anilines is 1. The number of rotatable bonds is 10. The van der Waals surface area contributed by atoms with Crippen LogP contribution in [0.1, 0.15) is 18.3 Å². The molecule has 206 valence electrons. The van der Waals surface area contributed by atoms with Crippen LogP contribution in [0.5, 0.6) is 0 Å². The second-order valence-electron chi connectivity index (χ2n) is 8.02. The van der Waals surface area contributed by atoms with Crippen molar-refractivity contribution >= 4 is 62.0 Å². The standard InChI is InChI=1S/C22H22N6O8S3/c1-3-35-26-14(17-25-22(23)38-27-17)18(29)24-15-19(30)28-16(21(31)32)12(10-37-20(15)28)8-9-36-39(33,34)13-6-4-11(2)5-7-13/h4-9,15,20H,3,10H2,1-2H3,(H,24,29)(H,31,32)(H2,23,25,27)/t15?,20-/m1/s1. The predicted molar refractivity (Wildman–Crippen MR) is 141 cm³/mol. The first kappa shape index (κ1) is 28.1. The fraction of sp³-hybridized carbons (Fsp3) is 0.273. The Bertz CT molecular complexity index is 1500. The van der Waals surface area contributed by atoms with E-state index in [2.05, 4.69) is 19.8 Å². The SMILES string of the molecule is CCON=C(C(=O)NC1C(=O)N2C(C(=O)O)=C(C=COS(=O)(=O)c3ccc(C)cc3)CS[C@H]12)c1nsc(N)n1. The zero-order valence-corrected chi connectivity index (χ0v) is 22.9. The van der Waals surface area contributed by atoms with Gasteiger partial charge < -0.3 is 25.2 Å². The predicted octanol–water partition coefficient (Wildman–Crippen LogP) is 0.827. The van der Waals surface area contributed by atoms with E-state index in [0.29, 0.717) is 0 Å². The Morgan fingerprint density at radius 2 is 2.05 bits per heavy atom. The fourth-order valence-electron chi connectivity index (χ4n) is 3.57. The van der Waals surface area contributed by atoms with Crippen LogP contribution in [-0.2, 0) is 33.5 Å². The van der Waals surface area contributed by atoms with Gasteiger partial charge in [-0.05, 0) is 37.6 Å². The number of aromatic nitrogens is 2. The number of carbonyl (C=O) groups excluding carboxylic acids is 2. The molecule has 2 amide bonds. The van der Waals surface area contributed by atoms with Crippen molar-refractivity contribution in [1.29, 1.82) is 0 Å². The van der Waals surface area contributed by atoms with Gasteiger partial charge in [0.15, 0.2) is 5.13 Å². The number of nitrogens with zero attached hydrogens (tertiary/aromatic N) is 4. The third kappa shape index (κ3) is 5.89. The number of hydrogen-bond donors (Lipinski definition) is 3. The summed E-state index contributed by atoms with van der Waals surface area (Å²) in [4.78, 5) is 47.7. The molecule has 1 aromatic carbocycles. The molecule has 2 aliphatic rings. The second kappa shape index (κ2) is 11.4. The van der Waals surface area contributed by atoms with E-state index in [1.54, 1.807) is 26.0 Å². The van der Waals surface area contributed by atoms with Gasteiger partial charge in [0.2, 0.25) is 11.5 Å². The van der Waals surface area contributed by atoms with Crippen LogP contribution in [-0.4, -0.2) is 75.1 Å². The van der Waals surface area contributed by atoms with Crippen molar-refractivity contribution in [2.75, 3.05) is 18.1 Å². The number of carboxylic acids is 1. The molecular formula is C22H22N6O8S3. The number of β-lactam (4-membered cyclic amide) rings is 1. The first-order valence-corrected chi connectivity index (χ1v) is 14.4. The lowest BCUT2D eigenvalue weighted by Gasteiger charge is -2.49. The van der Waals surface area contributed by atoms with Gasteiger partial charge in [-0.1, -0.05) is 22.9 Å². The van der Waals surface area contributed by atoms with E-state index in [1.165, 1.54) is 30.0 Å². The molecule has 1 fully saturated rings. The lowest BCUT2D eigenvalue weighted by Crippen LogP contribution is -2.71. The molecule has 0 spiro atoms. The van der Waals surface area contributed by atoms with Crippen LogP contribution in [0.4, 0.5) is 5.13 Å². The summed E-state index contributed by atoms with van der Waals surface area (Å²) in [7, 11) is -4.13. The van der Waals surface area contributed by atoms with E-state index < -0.39 is 39.3 Å². The quantitative estimate of drug-likeness (QED) is 0.115. The molecule has 0 bridgehead atoms. The number of oxime groups is 1. The van der Waals surface area contributed by atoms with E-state index in [4.69, 9.17) is 14.8 Å². The minimum Gasteiger partial charge on any atom is -0.477 e. The van der Waals surface area contributed by atoms with Gasteiger partial charge in [-0.15, -0.1) is 11.8 Å². The molecule has 4 rings (SSSR count). The number of fused-ring (bicyclic) bond motifs is 1. The third-order valence-electron chi connectivity index (χ3n) is 5.40. The number of nitrogens with two attached hydrogens (primary N) is 1. The van der Waals surface area contributed by atoms with Crippen LogP contribution < -0.4 is 11.1 Å². The van der Waals surface area contributed by atoms with E-state index in [0.717, 1.165) is 28.3 Å². The number of benzene rings is 1. The van der Waals surface area contributed by atoms with Crippen LogP contribution >= 0.6 is 23.3 Å². The summed E-state index contributed by atoms with van der Waals surface area (Å²) in [5, 5.41) is 15.4. The zero-order chi connectivity index (χ0) is 28.3. The van der Waals surface area contributed by atoms with E-state index in [9.17, 15) is 27.9 Å². The summed E-state index contributed by atoms with van der Waals surface area (Å²) in [5.74, 6) is -2.88. The lowest BCUT2D eigenvalue weighted by atomic mass is 10.0. The molecule has 0 saturated carbocycles. The topological polar surface area (TPSA) is 203 Å². The van der Waals surface area contributed by atoms with Crippen molar-refractivity contribution in [3.05, 3.63) is 59.3 Å². The number of amides is 2. The van der Waals surface area contributed by atoms with Gasteiger partial charge in [0.25, 0.3) is 11.8 Å². The summed E-state index contributed by atoms with van der Waals surface area (Å²) in [5.41, 5.74) is 5.97. The van der Waals surface area contributed by atoms with Crippen molar-refractivity contribution < 1.29 is 36.9 Å². The molecule has 1 aromatic heterocycles. The molecule has 17 heteroatoms. The number of allylic oxidation sites excluding steroid dienone is 1. The number of nitrogens with one attached hydrogen (secondary N) is 1. The van der Waals surface area contributed by atoms with Crippen molar-refractivity contribution in [3.8, 4) is 0 Å². The maximum absolute atomic E-state index is 12.9. The molecule has 39 heavy (non-hydrogen) atoms. The third-order valence-corrected chi connectivity index (χ3v) is 8.46. The van der Waals surface area contributed by atoms with E-state index >= 15 is 0 Å². The molecule has 2 atom stereocenters. The first-order valence-electron chi connectivity index (χ1n) is 11.2. The number of thioether (sulfide) groups is 1. The second-order valence-corrected chi connectivity index (χ2v) is 11.5. The fourth-order valence-corrected chi connectivity index (χ4v) is 6.10. The maximum Gasteiger partial charge on any atom is 0.352 e.